The fourth-order valence-electron chi connectivity index (χ4n) is 1.79. The first-order chi connectivity index (χ1) is 10.6. The molecule has 0 saturated carbocycles. The van der Waals surface area contributed by atoms with Crippen molar-refractivity contribution in [3.63, 3.8) is 0 Å². The number of hydrogen-bond donors (Lipinski definition) is 3. The largest absolute Gasteiger partial charge is 0.375 e. The zero-order valence-corrected chi connectivity index (χ0v) is 12.9. The van der Waals surface area contributed by atoms with Crippen LogP contribution in [0.5, 0.6) is 0 Å². The van der Waals surface area contributed by atoms with Crippen LogP contribution in [-0.4, -0.2) is 16.7 Å². The molecule has 0 aliphatic carbocycles. The van der Waals surface area contributed by atoms with Gasteiger partial charge in [-0.2, -0.15) is 5.10 Å². The number of nitrogens with zero attached hydrogens (tertiary/aromatic N) is 1. The smallest absolute Gasteiger partial charge is 0.255 e. The SMILES string of the molecule is C/C(=N\NC(N)=S)c1ccc(NC(=O)c2ccccc2)cc1. The summed E-state index contributed by atoms with van der Waals surface area (Å²) >= 11 is 4.69. The van der Waals surface area contributed by atoms with Crippen LogP contribution in [0, 0.1) is 0 Å². The highest BCUT2D eigenvalue weighted by molar-refractivity contribution is 7.80. The molecule has 0 aliphatic heterocycles. The van der Waals surface area contributed by atoms with Crippen LogP contribution in [0.4, 0.5) is 5.69 Å². The molecule has 112 valence electrons. The molecular formula is C16H16N4OS. The number of nitrogens with two attached hydrogens (primary N) is 1. The lowest BCUT2D eigenvalue weighted by Crippen LogP contribution is -2.25. The molecule has 0 radical (unpaired) electrons. The van der Waals surface area contributed by atoms with Crippen molar-refractivity contribution >= 4 is 34.6 Å². The average molecular weight is 312 g/mol. The Kier molecular flexibility index (Phi) is 5.21. The molecule has 0 aliphatic rings. The van der Waals surface area contributed by atoms with Gasteiger partial charge in [0.05, 0.1) is 5.71 Å². The van der Waals surface area contributed by atoms with E-state index in [2.05, 4.69) is 15.8 Å². The maximum Gasteiger partial charge on any atom is 0.255 e. The maximum atomic E-state index is 12.0. The lowest BCUT2D eigenvalue weighted by molar-refractivity contribution is 0.102. The quantitative estimate of drug-likeness (QED) is 0.460. The zero-order valence-electron chi connectivity index (χ0n) is 12.0. The van der Waals surface area contributed by atoms with Gasteiger partial charge in [-0.1, -0.05) is 30.3 Å². The summed E-state index contributed by atoms with van der Waals surface area (Å²) in [5.74, 6) is -0.145. The first-order valence-electron chi connectivity index (χ1n) is 6.63. The van der Waals surface area contributed by atoms with E-state index in [1.54, 1.807) is 12.1 Å². The van der Waals surface area contributed by atoms with Crippen LogP contribution in [0.25, 0.3) is 0 Å². The summed E-state index contributed by atoms with van der Waals surface area (Å²) in [6.07, 6.45) is 0. The molecular weight excluding hydrogens is 296 g/mol. The van der Waals surface area contributed by atoms with E-state index < -0.39 is 0 Å². The summed E-state index contributed by atoms with van der Waals surface area (Å²) in [7, 11) is 0. The minimum atomic E-state index is -0.145. The van der Waals surface area contributed by atoms with Crippen LogP contribution in [0.1, 0.15) is 22.8 Å². The number of rotatable bonds is 4. The second-order valence-electron chi connectivity index (χ2n) is 4.57. The van der Waals surface area contributed by atoms with E-state index in [0.29, 0.717) is 11.3 Å². The van der Waals surface area contributed by atoms with Crippen LogP contribution < -0.4 is 16.5 Å². The fourth-order valence-corrected chi connectivity index (χ4v) is 1.84. The molecule has 0 fully saturated rings. The first-order valence-corrected chi connectivity index (χ1v) is 7.03. The van der Waals surface area contributed by atoms with Gasteiger partial charge in [0.25, 0.3) is 5.91 Å². The van der Waals surface area contributed by atoms with Crippen LogP contribution in [0.3, 0.4) is 0 Å². The third-order valence-corrected chi connectivity index (χ3v) is 3.02. The van der Waals surface area contributed by atoms with Gasteiger partial charge in [-0.3, -0.25) is 10.2 Å². The number of hydrazone groups is 1. The number of hydrogen-bond acceptors (Lipinski definition) is 3. The molecule has 2 aromatic rings. The zero-order chi connectivity index (χ0) is 15.9. The standard InChI is InChI=1S/C16H16N4OS/c1-11(19-20-16(17)22)12-7-9-14(10-8-12)18-15(21)13-5-3-2-4-6-13/h2-10H,1H3,(H,18,21)(H3,17,20,22)/b19-11+. The van der Waals surface area contributed by atoms with Gasteiger partial charge in [0, 0.05) is 11.3 Å². The van der Waals surface area contributed by atoms with E-state index in [4.69, 9.17) is 18.0 Å². The summed E-state index contributed by atoms with van der Waals surface area (Å²) in [5.41, 5.74) is 10.8. The lowest BCUT2D eigenvalue weighted by Gasteiger charge is -2.07. The highest BCUT2D eigenvalue weighted by Gasteiger charge is 2.05. The normalized spacial score (nSPS) is 10.9. The molecule has 0 heterocycles. The van der Waals surface area contributed by atoms with Crippen LogP contribution in [0.15, 0.2) is 59.7 Å². The van der Waals surface area contributed by atoms with Gasteiger partial charge in [-0.15, -0.1) is 0 Å². The van der Waals surface area contributed by atoms with Crippen molar-refractivity contribution in [2.24, 2.45) is 10.8 Å². The molecule has 1 amide bonds. The van der Waals surface area contributed by atoms with Crippen molar-refractivity contribution in [1.82, 2.24) is 5.43 Å². The molecule has 0 saturated heterocycles. The summed E-state index contributed by atoms with van der Waals surface area (Å²) in [4.78, 5) is 12.0. The Morgan fingerprint density at radius 1 is 1.05 bits per heavy atom. The second kappa shape index (κ2) is 7.33. The Balaban J connectivity index is 2.05. The number of nitrogens with one attached hydrogen (secondary N) is 2. The highest BCUT2D eigenvalue weighted by atomic mass is 32.1. The van der Waals surface area contributed by atoms with E-state index in [1.807, 2.05) is 49.4 Å². The number of carbonyl (C=O) groups is 1. The van der Waals surface area contributed by atoms with Crippen molar-refractivity contribution in [3.8, 4) is 0 Å². The average Bonchev–Trinajstić information content (AvgIpc) is 2.54. The van der Waals surface area contributed by atoms with E-state index in [-0.39, 0.29) is 11.0 Å². The Bertz CT molecular complexity index is 696. The minimum absolute atomic E-state index is 0.117. The molecule has 4 N–H and O–H groups in total. The molecule has 22 heavy (non-hydrogen) atoms. The van der Waals surface area contributed by atoms with Crippen LogP contribution in [-0.2, 0) is 0 Å². The van der Waals surface area contributed by atoms with E-state index in [0.717, 1.165) is 11.3 Å². The summed E-state index contributed by atoms with van der Waals surface area (Å²) in [6.45, 7) is 1.84. The molecule has 5 nitrogen and oxygen atoms in total. The molecule has 0 spiro atoms. The van der Waals surface area contributed by atoms with E-state index in [1.165, 1.54) is 0 Å². The summed E-state index contributed by atoms with van der Waals surface area (Å²) < 4.78 is 0. The van der Waals surface area contributed by atoms with E-state index >= 15 is 0 Å². The molecule has 0 aromatic heterocycles. The molecule has 2 rings (SSSR count). The number of anilines is 1. The Labute approximate surface area is 134 Å². The summed E-state index contributed by atoms with van der Waals surface area (Å²) in [5, 5.41) is 7.00. The number of carbonyl (C=O) groups excluding carboxylic acids is 1. The predicted octanol–water partition coefficient (Wildman–Crippen LogP) is 2.50. The fraction of sp³-hybridized carbons (Fsp3) is 0.0625. The predicted molar refractivity (Wildman–Crippen MR) is 93.0 cm³/mol. The van der Waals surface area contributed by atoms with Crippen molar-refractivity contribution in [2.45, 2.75) is 6.92 Å². The molecule has 2 aromatic carbocycles. The maximum absolute atomic E-state index is 12.0. The summed E-state index contributed by atoms with van der Waals surface area (Å²) in [6, 6.07) is 16.4. The Hall–Kier alpha value is -2.73. The van der Waals surface area contributed by atoms with Gasteiger partial charge in [-0.25, -0.2) is 0 Å². The number of benzene rings is 2. The van der Waals surface area contributed by atoms with Crippen molar-refractivity contribution < 1.29 is 4.79 Å². The third kappa shape index (κ3) is 4.39. The molecule has 0 atom stereocenters. The van der Waals surface area contributed by atoms with Gasteiger partial charge >= 0.3 is 0 Å². The van der Waals surface area contributed by atoms with Gasteiger partial charge in [0.1, 0.15) is 0 Å². The Morgan fingerprint density at radius 3 is 2.27 bits per heavy atom. The molecule has 6 heteroatoms. The monoisotopic (exact) mass is 312 g/mol. The number of thiocarbonyl (C=S) groups is 1. The highest BCUT2D eigenvalue weighted by Crippen LogP contribution is 2.12. The van der Waals surface area contributed by atoms with Crippen molar-refractivity contribution in [1.29, 1.82) is 0 Å². The minimum Gasteiger partial charge on any atom is -0.375 e. The third-order valence-electron chi connectivity index (χ3n) is 2.93. The van der Waals surface area contributed by atoms with Crippen molar-refractivity contribution in [3.05, 3.63) is 65.7 Å². The molecule has 0 unspecified atom stereocenters. The van der Waals surface area contributed by atoms with Gasteiger partial charge in [0.2, 0.25) is 0 Å². The van der Waals surface area contributed by atoms with Crippen LogP contribution in [0.2, 0.25) is 0 Å². The molecule has 0 bridgehead atoms. The van der Waals surface area contributed by atoms with Crippen molar-refractivity contribution in [2.75, 3.05) is 5.32 Å². The van der Waals surface area contributed by atoms with E-state index in [9.17, 15) is 4.79 Å². The Morgan fingerprint density at radius 2 is 1.68 bits per heavy atom. The topological polar surface area (TPSA) is 79.5 Å². The second-order valence-corrected chi connectivity index (χ2v) is 5.01. The van der Waals surface area contributed by atoms with Gasteiger partial charge in [0.15, 0.2) is 5.11 Å². The van der Waals surface area contributed by atoms with Crippen LogP contribution >= 0.6 is 12.2 Å². The lowest BCUT2D eigenvalue weighted by atomic mass is 10.1. The van der Waals surface area contributed by atoms with Gasteiger partial charge in [-0.05, 0) is 49.0 Å². The van der Waals surface area contributed by atoms with Gasteiger partial charge < -0.3 is 11.1 Å². The number of amides is 1. The first kappa shape index (κ1) is 15.7.